The first-order valence-electron chi connectivity index (χ1n) is 13.3. The van der Waals surface area contributed by atoms with Gasteiger partial charge in [0.15, 0.2) is 5.82 Å². The predicted molar refractivity (Wildman–Crippen MR) is 137 cm³/mol. The lowest BCUT2D eigenvalue weighted by Gasteiger charge is -2.58. The molecule has 5 nitrogen and oxygen atoms in total. The number of hydrogen-bond donors (Lipinski definition) is 2. The minimum atomic E-state index is -0.127. The highest BCUT2D eigenvalue weighted by atomic mass is 16.3. The molecule has 1 heterocycles. The summed E-state index contributed by atoms with van der Waals surface area (Å²) in [4.78, 5) is 0. The molecule has 0 radical (unpaired) electrons. The maximum absolute atomic E-state index is 10.3. The van der Waals surface area contributed by atoms with Crippen LogP contribution in [-0.2, 0) is 0 Å². The zero-order chi connectivity index (χ0) is 23.5. The predicted octanol–water partition coefficient (Wildman–Crippen LogP) is 6.36. The fourth-order valence-corrected chi connectivity index (χ4v) is 8.66. The number of hydrazone groups is 1. The maximum Gasteiger partial charge on any atom is 0.176 e. The van der Waals surface area contributed by atoms with Crippen LogP contribution in [0.25, 0.3) is 10.8 Å². The van der Waals surface area contributed by atoms with Gasteiger partial charge in [-0.05, 0) is 86.9 Å². The Balaban J connectivity index is 1.24. The molecule has 2 N–H and O–H groups in total. The van der Waals surface area contributed by atoms with Crippen LogP contribution in [0.2, 0.25) is 0 Å². The van der Waals surface area contributed by atoms with Crippen LogP contribution in [0.5, 0.6) is 0 Å². The number of rotatable bonds is 3. The molecule has 0 saturated heterocycles. The summed E-state index contributed by atoms with van der Waals surface area (Å²) in [5.74, 6) is 3.56. The number of nitrogens with zero attached hydrogens (tertiary/aromatic N) is 3. The molecule has 0 bridgehead atoms. The molecule has 3 saturated carbocycles. The Morgan fingerprint density at radius 3 is 2.82 bits per heavy atom. The van der Waals surface area contributed by atoms with Gasteiger partial charge in [0.05, 0.1) is 12.3 Å². The third-order valence-electron chi connectivity index (χ3n) is 10.5. The van der Waals surface area contributed by atoms with Crippen LogP contribution in [0, 0.1) is 34.5 Å². The number of aliphatic hydroxyl groups is 1. The van der Waals surface area contributed by atoms with Crippen LogP contribution < -0.4 is 5.43 Å². The van der Waals surface area contributed by atoms with E-state index in [1.165, 1.54) is 37.8 Å². The van der Waals surface area contributed by atoms with Crippen LogP contribution in [0.1, 0.15) is 72.1 Å². The van der Waals surface area contributed by atoms with Crippen molar-refractivity contribution in [1.29, 1.82) is 0 Å². The average molecular weight is 459 g/mol. The molecule has 180 valence electrons. The lowest BCUT2D eigenvalue weighted by molar-refractivity contribution is -0.0423. The molecular formula is C29H38N4O. The minimum Gasteiger partial charge on any atom is -0.393 e. The first kappa shape index (κ1) is 22.2. The number of benzene rings is 1. The molecule has 2 aromatic rings. The Bertz CT molecular complexity index is 1150. The second-order valence-corrected chi connectivity index (χ2v) is 12.0. The van der Waals surface area contributed by atoms with E-state index < -0.39 is 0 Å². The lowest BCUT2D eigenvalue weighted by Crippen LogP contribution is -2.50. The second kappa shape index (κ2) is 8.15. The molecule has 3 fully saturated rings. The largest absolute Gasteiger partial charge is 0.393 e. The topological polar surface area (TPSA) is 70.4 Å². The molecule has 4 aliphatic carbocycles. The van der Waals surface area contributed by atoms with Gasteiger partial charge in [-0.2, -0.15) is 10.2 Å². The van der Waals surface area contributed by atoms with Crippen molar-refractivity contribution in [3.8, 4) is 0 Å². The zero-order valence-corrected chi connectivity index (χ0v) is 20.8. The highest BCUT2D eigenvalue weighted by Crippen LogP contribution is 2.66. The monoisotopic (exact) mass is 458 g/mol. The van der Waals surface area contributed by atoms with Gasteiger partial charge in [-0.1, -0.05) is 49.8 Å². The van der Waals surface area contributed by atoms with Crippen molar-refractivity contribution >= 4 is 22.3 Å². The van der Waals surface area contributed by atoms with E-state index in [1.54, 1.807) is 11.8 Å². The van der Waals surface area contributed by atoms with Crippen LogP contribution in [0.4, 0.5) is 5.82 Å². The van der Waals surface area contributed by atoms with Crippen molar-refractivity contribution < 1.29 is 5.11 Å². The van der Waals surface area contributed by atoms with Crippen molar-refractivity contribution in [2.45, 2.75) is 78.2 Å². The Morgan fingerprint density at radius 2 is 1.94 bits per heavy atom. The summed E-state index contributed by atoms with van der Waals surface area (Å²) in [5, 5.41) is 25.8. The van der Waals surface area contributed by atoms with Crippen LogP contribution in [0.3, 0.4) is 0 Å². The minimum absolute atomic E-state index is 0.127. The third kappa shape index (κ3) is 3.34. The number of aliphatic hydroxyl groups excluding tert-OH is 1. The van der Waals surface area contributed by atoms with Crippen molar-refractivity contribution in [2.75, 3.05) is 5.43 Å². The molecule has 1 aromatic heterocycles. The van der Waals surface area contributed by atoms with E-state index in [9.17, 15) is 5.11 Å². The number of aromatic nitrogens is 2. The fourth-order valence-electron chi connectivity index (χ4n) is 8.66. The number of hydrogen-bond acceptors (Lipinski definition) is 5. The maximum atomic E-state index is 10.3. The molecule has 6 rings (SSSR count). The molecular weight excluding hydrogens is 420 g/mol. The van der Waals surface area contributed by atoms with Crippen molar-refractivity contribution in [2.24, 2.45) is 39.6 Å². The number of nitrogens with one attached hydrogen (secondary N) is 1. The van der Waals surface area contributed by atoms with Gasteiger partial charge in [-0.3, -0.25) is 5.43 Å². The summed E-state index contributed by atoms with van der Waals surface area (Å²) < 4.78 is 0. The Labute approximate surface area is 203 Å². The summed E-state index contributed by atoms with van der Waals surface area (Å²) >= 11 is 0. The van der Waals surface area contributed by atoms with Crippen molar-refractivity contribution in [1.82, 2.24) is 10.2 Å². The Kier molecular flexibility index (Phi) is 5.32. The second-order valence-electron chi connectivity index (χ2n) is 12.0. The molecule has 5 heteroatoms. The smallest absolute Gasteiger partial charge is 0.176 e. The number of anilines is 1. The summed E-state index contributed by atoms with van der Waals surface area (Å²) in [5.41, 5.74) is 6.65. The third-order valence-corrected chi connectivity index (χ3v) is 10.5. The van der Waals surface area contributed by atoms with Gasteiger partial charge in [-0.25, -0.2) is 0 Å². The molecule has 34 heavy (non-hydrogen) atoms. The number of fused-ring (bicyclic) bond motifs is 6. The van der Waals surface area contributed by atoms with E-state index in [2.05, 4.69) is 54.6 Å². The molecule has 0 spiro atoms. The standard InChI is InChI=1S/C29H38N4O/c1-18(31-33-27-22-7-5-4-6-19(22)17-30-32-27)24-10-11-25-23-9-8-20-16-21(34)12-14-28(20,2)26(23)13-15-29(24,25)3/h4-8,17,21,23-26,34H,9-16H2,1-3H3,(H,32,33)/b31-18+. The van der Waals surface area contributed by atoms with Crippen LogP contribution in [0.15, 0.2) is 47.2 Å². The quantitative estimate of drug-likeness (QED) is 0.319. The summed E-state index contributed by atoms with van der Waals surface area (Å²) in [6.07, 6.45) is 13.6. The van der Waals surface area contributed by atoms with E-state index in [4.69, 9.17) is 5.10 Å². The van der Waals surface area contributed by atoms with Crippen LogP contribution >= 0.6 is 0 Å². The zero-order valence-electron chi connectivity index (χ0n) is 20.8. The summed E-state index contributed by atoms with van der Waals surface area (Å²) in [6.45, 7) is 7.27. The van der Waals surface area contributed by atoms with E-state index in [-0.39, 0.29) is 6.10 Å². The van der Waals surface area contributed by atoms with Gasteiger partial charge >= 0.3 is 0 Å². The average Bonchev–Trinajstić information content (AvgIpc) is 3.20. The van der Waals surface area contributed by atoms with E-state index >= 15 is 0 Å². The normalized spacial score (nSPS) is 39.7. The molecule has 4 aliphatic rings. The molecule has 0 aliphatic heterocycles. The van der Waals surface area contributed by atoms with Gasteiger partial charge in [0.25, 0.3) is 0 Å². The highest BCUT2D eigenvalue weighted by Gasteiger charge is 2.59. The molecule has 7 atom stereocenters. The SMILES string of the molecule is C/C(=N\Nc1nncc2ccccc12)C1CCC2C3CC=C4CC(O)CCC4(C)C3CCC12C. The highest BCUT2D eigenvalue weighted by molar-refractivity contribution is 5.92. The van der Waals surface area contributed by atoms with Crippen LogP contribution in [-0.4, -0.2) is 27.1 Å². The van der Waals surface area contributed by atoms with E-state index in [0.29, 0.717) is 16.7 Å². The van der Waals surface area contributed by atoms with Gasteiger partial charge in [0, 0.05) is 22.4 Å². The van der Waals surface area contributed by atoms with Gasteiger partial charge in [-0.15, -0.1) is 5.10 Å². The van der Waals surface area contributed by atoms with Crippen molar-refractivity contribution in [3.05, 3.63) is 42.1 Å². The summed E-state index contributed by atoms with van der Waals surface area (Å²) in [7, 11) is 0. The Morgan fingerprint density at radius 1 is 1.09 bits per heavy atom. The fraction of sp³-hybridized carbons (Fsp3) is 0.621. The van der Waals surface area contributed by atoms with Gasteiger partial charge < -0.3 is 5.11 Å². The summed E-state index contributed by atoms with van der Waals surface area (Å²) in [6, 6.07) is 8.19. The van der Waals surface area contributed by atoms with E-state index in [1.807, 2.05) is 12.1 Å². The molecule has 0 amide bonds. The number of allylic oxidation sites excluding steroid dienone is 1. The van der Waals surface area contributed by atoms with E-state index in [0.717, 1.165) is 53.6 Å². The van der Waals surface area contributed by atoms with Crippen molar-refractivity contribution in [3.63, 3.8) is 0 Å². The van der Waals surface area contributed by atoms with Gasteiger partial charge in [0.2, 0.25) is 0 Å². The van der Waals surface area contributed by atoms with Gasteiger partial charge in [0.1, 0.15) is 0 Å². The lowest BCUT2D eigenvalue weighted by atomic mass is 9.47. The Hall–Kier alpha value is -2.27. The molecule has 7 unspecified atom stereocenters. The first-order chi connectivity index (χ1) is 16.4. The first-order valence-corrected chi connectivity index (χ1v) is 13.3. The molecule has 1 aromatic carbocycles.